The molecule has 1 atom stereocenters. The van der Waals surface area contributed by atoms with Gasteiger partial charge in [-0.2, -0.15) is 0 Å². The number of amides is 3. The van der Waals surface area contributed by atoms with Crippen molar-refractivity contribution >= 4 is 29.2 Å². The molecule has 5 rings (SSSR count). The van der Waals surface area contributed by atoms with Crippen LogP contribution in [0, 0.1) is 11.6 Å². The van der Waals surface area contributed by atoms with Crippen LogP contribution in [-0.4, -0.2) is 68.8 Å². The van der Waals surface area contributed by atoms with Crippen LogP contribution in [0.1, 0.15) is 50.3 Å². The Morgan fingerprint density at radius 3 is 2.65 bits per heavy atom. The molecule has 0 aliphatic carbocycles. The molecule has 10 heteroatoms. The van der Waals surface area contributed by atoms with E-state index < -0.39 is 23.7 Å². The van der Waals surface area contributed by atoms with Gasteiger partial charge in [-0.3, -0.25) is 9.80 Å². The van der Waals surface area contributed by atoms with Crippen LogP contribution < -0.4 is 0 Å². The van der Waals surface area contributed by atoms with E-state index in [1.165, 1.54) is 16.1 Å². The van der Waals surface area contributed by atoms with Crippen LogP contribution in [0.5, 0.6) is 0 Å². The highest BCUT2D eigenvalue weighted by molar-refractivity contribution is 5.96. The van der Waals surface area contributed by atoms with Gasteiger partial charge in [0.2, 0.25) is 6.41 Å². The molecule has 2 aromatic carbocycles. The number of aromatic nitrogens is 2. The van der Waals surface area contributed by atoms with E-state index in [0.29, 0.717) is 43.1 Å². The molecule has 2 aliphatic rings. The van der Waals surface area contributed by atoms with Crippen molar-refractivity contribution in [3.8, 4) is 0 Å². The Balaban J connectivity index is 1.19. The zero-order valence-electron chi connectivity index (χ0n) is 20.8. The predicted octanol–water partition coefficient (Wildman–Crippen LogP) is 4.74. The molecular weight excluding hydrogens is 478 g/mol. The van der Waals surface area contributed by atoms with Gasteiger partial charge in [0.05, 0.1) is 23.4 Å². The first-order valence-electron chi connectivity index (χ1n) is 12.6. The lowest BCUT2D eigenvalue weighted by Gasteiger charge is -2.40. The summed E-state index contributed by atoms with van der Waals surface area (Å²) < 4.78 is 29.7. The fourth-order valence-electron chi connectivity index (χ4n) is 5.39. The van der Waals surface area contributed by atoms with E-state index in [0.717, 1.165) is 55.6 Å². The number of hydrazine groups is 1. The second-order valence-electron chi connectivity index (χ2n) is 9.70. The van der Waals surface area contributed by atoms with Crippen molar-refractivity contribution in [2.24, 2.45) is 4.99 Å². The van der Waals surface area contributed by atoms with Crippen LogP contribution >= 0.6 is 0 Å². The van der Waals surface area contributed by atoms with E-state index in [9.17, 15) is 18.4 Å². The molecule has 0 spiro atoms. The molecule has 8 nitrogen and oxygen atoms in total. The SMILES string of the molecule is CC1=NC(=O)N(N(C=O)CCCN2CCC(n3cnc4ccccc43)CC2)C(c2ccc(F)c(F)c2)C1. The first kappa shape index (κ1) is 25.0. The second kappa shape index (κ2) is 10.8. The Hall–Kier alpha value is -3.66. The maximum absolute atomic E-state index is 13.9. The third-order valence-corrected chi connectivity index (χ3v) is 7.29. The number of fused-ring (bicyclic) bond motifs is 1. The number of aliphatic imine (C=N–C) groups is 1. The Morgan fingerprint density at radius 2 is 1.89 bits per heavy atom. The highest BCUT2D eigenvalue weighted by Gasteiger charge is 2.34. The molecule has 0 radical (unpaired) electrons. The van der Waals surface area contributed by atoms with Gasteiger partial charge in [0.1, 0.15) is 0 Å². The van der Waals surface area contributed by atoms with Crippen molar-refractivity contribution in [3.05, 3.63) is 66.0 Å². The number of benzene rings is 2. The number of halogens is 2. The van der Waals surface area contributed by atoms with E-state index in [1.54, 1.807) is 6.92 Å². The number of nitrogens with zero attached hydrogens (tertiary/aromatic N) is 6. The van der Waals surface area contributed by atoms with Crippen LogP contribution in [0.2, 0.25) is 0 Å². The molecule has 1 saturated heterocycles. The number of piperidine rings is 1. The Labute approximate surface area is 214 Å². The van der Waals surface area contributed by atoms with E-state index in [4.69, 9.17) is 0 Å². The standard InChI is InChI=1S/C27H30F2N6O2/c1-19-15-26(20-7-8-22(28)23(29)16-20)35(27(37)31-19)33(18-36)12-4-11-32-13-9-21(10-14-32)34-17-30-24-5-2-3-6-25(24)34/h2-3,5-8,16-18,21,26H,4,9-15H2,1H3. The summed E-state index contributed by atoms with van der Waals surface area (Å²) in [6.45, 7) is 4.67. The molecule has 1 unspecified atom stereocenters. The molecule has 1 fully saturated rings. The van der Waals surface area contributed by atoms with Crippen LogP contribution in [0.3, 0.4) is 0 Å². The average molecular weight is 509 g/mol. The summed E-state index contributed by atoms with van der Waals surface area (Å²) >= 11 is 0. The number of urea groups is 1. The van der Waals surface area contributed by atoms with Gasteiger partial charge in [0.25, 0.3) is 0 Å². The Morgan fingerprint density at radius 1 is 1.11 bits per heavy atom. The fourth-order valence-corrected chi connectivity index (χ4v) is 5.39. The van der Waals surface area contributed by atoms with E-state index in [2.05, 4.69) is 25.5 Å². The molecule has 37 heavy (non-hydrogen) atoms. The predicted molar refractivity (Wildman–Crippen MR) is 136 cm³/mol. The van der Waals surface area contributed by atoms with Gasteiger partial charge in [-0.15, -0.1) is 0 Å². The van der Waals surface area contributed by atoms with Crippen molar-refractivity contribution in [3.63, 3.8) is 0 Å². The van der Waals surface area contributed by atoms with Gasteiger partial charge in [0.15, 0.2) is 11.6 Å². The van der Waals surface area contributed by atoms with Crippen molar-refractivity contribution in [1.29, 1.82) is 0 Å². The molecule has 2 aliphatic heterocycles. The number of likely N-dealkylation sites (tertiary alicyclic amines) is 1. The largest absolute Gasteiger partial charge is 0.362 e. The highest BCUT2D eigenvalue weighted by Crippen LogP contribution is 2.31. The lowest BCUT2D eigenvalue weighted by molar-refractivity contribution is -0.133. The number of para-hydroxylation sites is 2. The molecule has 3 heterocycles. The highest BCUT2D eigenvalue weighted by atomic mass is 19.2. The first-order chi connectivity index (χ1) is 17.9. The number of carbonyl (C=O) groups is 2. The topological polar surface area (TPSA) is 74.0 Å². The van der Waals surface area contributed by atoms with Crippen LogP contribution in [0.15, 0.2) is 53.8 Å². The minimum atomic E-state index is -0.991. The third kappa shape index (κ3) is 5.24. The molecule has 0 saturated carbocycles. The van der Waals surface area contributed by atoms with Crippen LogP contribution in [0.25, 0.3) is 11.0 Å². The maximum atomic E-state index is 13.9. The van der Waals surface area contributed by atoms with Crippen LogP contribution in [0.4, 0.5) is 13.6 Å². The Bertz CT molecular complexity index is 1320. The number of carbonyl (C=O) groups excluding carboxylic acids is 2. The zero-order valence-corrected chi connectivity index (χ0v) is 20.8. The number of hydrogen-bond acceptors (Lipinski definition) is 4. The van der Waals surface area contributed by atoms with Crippen LogP contribution in [-0.2, 0) is 4.79 Å². The molecule has 3 aromatic rings. The molecule has 0 N–H and O–H groups in total. The smallest absolute Gasteiger partial charge is 0.327 e. The fraction of sp³-hybridized carbons (Fsp3) is 0.407. The molecule has 194 valence electrons. The summed E-state index contributed by atoms with van der Waals surface area (Å²) in [5.41, 5.74) is 3.16. The van der Waals surface area contributed by atoms with Crippen molar-refractivity contribution in [2.75, 3.05) is 26.2 Å². The van der Waals surface area contributed by atoms with Gasteiger partial charge in [0, 0.05) is 37.8 Å². The summed E-state index contributed by atoms with van der Waals surface area (Å²) in [6.07, 6.45) is 5.54. The zero-order chi connectivity index (χ0) is 25.9. The molecule has 1 aromatic heterocycles. The van der Waals surface area contributed by atoms with Gasteiger partial charge in [-0.25, -0.2) is 28.6 Å². The van der Waals surface area contributed by atoms with Gasteiger partial charge < -0.3 is 9.47 Å². The van der Waals surface area contributed by atoms with Gasteiger partial charge in [-0.05, 0) is 62.6 Å². The van der Waals surface area contributed by atoms with E-state index >= 15 is 0 Å². The molecule has 3 amide bonds. The Kier molecular flexibility index (Phi) is 7.27. The number of imidazole rings is 1. The lowest BCUT2D eigenvalue weighted by atomic mass is 9.99. The molecule has 0 bridgehead atoms. The lowest BCUT2D eigenvalue weighted by Crippen LogP contribution is -2.50. The summed E-state index contributed by atoms with van der Waals surface area (Å²) in [6, 6.07) is 10.9. The minimum Gasteiger partial charge on any atom is -0.327 e. The number of rotatable bonds is 8. The first-order valence-corrected chi connectivity index (χ1v) is 12.6. The van der Waals surface area contributed by atoms with Crippen molar-refractivity contribution in [2.45, 2.75) is 44.7 Å². The monoisotopic (exact) mass is 508 g/mol. The quantitative estimate of drug-likeness (QED) is 0.412. The van der Waals surface area contributed by atoms with E-state index in [-0.39, 0.29) is 0 Å². The van der Waals surface area contributed by atoms with Gasteiger partial charge >= 0.3 is 6.03 Å². The maximum Gasteiger partial charge on any atom is 0.362 e. The van der Waals surface area contributed by atoms with E-state index in [1.807, 2.05) is 24.5 Å². The molecular formula is C27H30F2N6O2. The van der Waals surface area contributed by atoms with Gasteiger partial charge in [-0.1, -0.05) is 18.2 Å². The summed E-state index contributed by atoms with van der Waals surface area (Å²) in [4.78, 5) is 35.7. The normalized spacial score (nSPS) is 19.3. The average Bonchev–Trinajstić information content (AvgIpc) is 3.33. The number of hydrogen-bond donors (Lipinski definition) is 0. The summed E-state index contributed by atoms with van der Waals surface area (Å²) in [5, 5.41) is 2.58. The minimum absolute atomic E-state index is 0.316. The summed E-state index contributed by atoms with van der Waals surface area (Å²) in [7, 11) is 0. The van der Waals surface area contributed by atoms with Crippen molar-refractivity contribution in [1.82, 2.24) is 24.5 Å². The van der Waals surface area contributed by atoms with Crippen molar-refractivity contribution < 1.29 is 18.4 Å². The second-order valence-corrected chi connectivity index (χ2v) is 9.70. The third-order valence-electron chi connectivity index (χ3n) is 7.29. The summed E-state index contributed by atoms with van der Waals surface area (Å²) in [5.74, 6) is -1.95.